The van der Waals surface area contributed by atoms with Gasteiger partial charge in [0, 0.05) is 79.7 Å². The molecule has 22 heteroatoms. The van der Waals surface area contributed by atoms with Gasteiger partial charge in [0.2, 0.25) is 5.91 Å². The average molecular weight is 1310 g/mol. The van der Waals surface area contributed by atoms with E-state index in [2.05, 4.69) is 94.8 Å². The quantitative estimate of drug-likeness (QED) is 0.0335. The standard InChI is InChI=1S/C72H107N9O13/c1-37(2)17-23-74-24-25-75-29-42(60(73)89)58(88)71(50-31-76-35-79-50)20-15-41-51-54(86)59(94-62-55(87)53(85)48(84)32-93-62)66(4,34-83)49-16-19-67(5)56(72(49,51)40-10-7-8-11-40)38(13-14-39-12-9-18-69(39)52(41)57(71)81-63(69)90)26-43-45-28-65(3,33-82)21-22-70(45,64(91)92)46-30-77-61-47(78-36-80-61)27-44(46)68(43,67)6/h15,20,26,31,35-42,44-46,48-49,51-60,62,74-75,77,82-89H,7-12,16-19,21-25,27-30,32-34,73H2,1-6H3,(H,76,79)(H,78,80)(H,81,90)(H,91,92). The normalized spacial score (nSPS) is 47.5. The average Bonchev–Trinajstić information content (AvgIpc) is 0.740. The third-order valence-electron chi connectivity index (χ3n) is 29.0. The molecular formula is C72H107N9O13. The fourth-order valence-corrected chi connectivity index (χ4v) is 24.6. The molecule has 2 saturated heterocycles. The van der Waals surface area contributed by atoms with Crippen LogP contribution in [-0.2, 0) is 30.9 Å². The lowest BCUT2D eigenvalue weighted by molar-refractivity contribution is -0.356. The van der Waals surface area contributed by atoms with E-state index in [1.54, 1.807) is 18.9 Å². The Morgan fingerprint density at radius 3 is 2.38 bits per heavy atom. The molecule has 5 heterocycles. The van der Waals surface area contributed by atoms with Crippen LogP contribution in [0.1, 0.15) is 136 Å². The van der Waals surface area contributed by atoms with E-state index in [1.165, 1.54) is 0 Å². The molecule has 28 unspecified atom stereocenters. The summed E-state index contributed by atoms with van der Waals surface area (Å²) in [6, 6.07) is -0.915. The number of carbonyl (C=O) groups excluding carboxylic acids is 1. The third kappa shape index (κ3) is 9.26. The molecule has 9 aliphatic carbocycles. The molecule has 14 rings (SSSR count). The Kier molecular flexibility index (Phi) is 17.3. The van der Waals surface area contributed by atoms with Gasteiger partial charge in [0.05, 0.1) is 72.2 Å². The van der Waals surface area contributed by atoms with Crippen LogP contribution in [0.3, 0.4) is 0 Å². The number of aliphatic hydroxyl groups excluding tert-OH is 8. The van der Waals surface area contributed by atoms with Crippen LogP contribution >= 0.6 is 0 Å². The van der Waals surface area contributed by atoms with Crippen molar-refractivity contribution in [1.29, 1.82) is 0 Å². The van der Waals surface area contributed by atoms with Gasteiger partial charge in [0.1, 0.15) is 30.4 Å². The molecule has 2 aromatic rings. The van der Waals surface area contributed by atoms with Gasteiger partial charge < -0.3 is 92.4 Å². The van der Waals surface area contributed by atoms with Crippen molar-refractivity contribution in [3.05, 3.63) is 54.0 Å². The van der Waals surface area contributed by atoms with Gasteiger partial charge in [0.15, 0.2) is 6.29 Å². The number of imidazole rings is 2. The van der Waals surface area contributed by atoms with Crippen LogP contribution in [-0.4, -0.2) is 185 Å². The van der Waals surface area contributed by atoms with Crippen molar-refractivity contribution in [2.24, 2.45) is 121 Å². The summed E-state index contributed by atoms with van der Waals surface area (Å²) in [6.45, 7) is 14.9. The summed E-state index contributed by atoms with van der Waals surface area (Å²) in [7, 11) is 0. The van der Waals surface area contributed by atoms with Gasteiger partial charge in [-0.15, -0.1) is 0 Å². The first-order chi connectivity index (χ1) is 44.9. The summed E-state index contributed by atoms with van der Waals surface area (Å²) in [5.41, 5.74) is 0.796. The minimum atomic E-state index is -1.73. The summed E-state index contributed by atoms with van der Waals surface area (Å²) in [5, 5.41) is 125. The highest BCUT2D eigenvalue weighted by Crippen LogP contribution is 2.83. The highest BCUT2D eigenvalue weighted by atomic mass is 16.7. The number of aromatic nitrogens is 4. The highest BCUT2D eigenvalue weighted by molar-refractivity contribution is 5.88. The Balaban J connectivity index is 1.03. The van der Waals surface area contributed by atoms with E-state index in [1.807, 2.05) is 13.0 Å². The number of nitrogens with one attached hydrogen (secondary N) is 6. The number of aromatic amines is 2. The number of H-pyrrole nitrogens is 2. The summed E-state index contributed by atoms with van der Waals surface area (Å²) >= 11 is 0. The molecule has 518 valence electrons. The number of anilines is 1. The Morgan fingerprint density at radius 2 is 1.67 bits per heavy atom. The maximum Gasteiger partial charge on any atom is 0.310 e. The van der Waals surface area contributed by atoms with Gasteiger partial charge in [-0.2, -0.15) is 0 Å². The first kappa shape index (κ1) is 66.9. The number of hydrogen-bond donors (Lipinski definition) is 16. The molecule has 22 nitrogen and oxygen atoms in total. The summed E-state index contributed by atoms with van der Waals surface area (Å²) in [6.07, 6.45) is 8.53. The van der Waals surface area contributed by atoms with Crippen LogP contribution in [0.5, 0.6) is 0 Å². The van der Waals surface area contributed by atoms with Gasteiger partial charge >= 0.3 is 5.97 Å². The topological polar surface area (TPSA) is 366 Å². The third-order valence-corrected chi connectivity index (χ3v) is 29.0. The van der Waals surface area contributed by atoms with E-state index in [4.69, 9.17) is 20.2 Å². The lowest BCUT2D eigenvalue weighted by atomic mass is 9.25. The number of nitrogens with two attached hydrogens (primary N) is 1. The Bertz CT molecular complexity index is 3280. The number of rotatable bonds is 18. The Morgan fingerprint density at radius 1 is 0.894 bits per heavy atom. The maximum absolute atomic E-state index is 16.4. The van der Waals surface area contributed by atoms with E-state index >= 15 is 4.79 Å². The molecule has 0 radical (unpaired) electrons. The number of nitrogens with zero attached hydrogens (tertiary/aromatic N) is 2. The number of carboxylic acids is 1. The first-order valence-corrected chi connectivity index (χ1v) is 35.9. The number of aliphatic carboxylic acids is 1. The zero-order chi connectivity index (χ0) is 66.5. The van der Waals surface area contributed by atoms with Gasteiger partial charge in [0.25, 0.3) is 0 Å². The molecule has 6 saturated carbocycles. The second-order valence-electron chi connectivity index (χ2n) is 33.2. The number of ether oxygens (including phenoxy) is 2. The molecule has 0 bridgehead atoms. The second-order valence-corrected chi connectivity index (χ2v) is 33.2. The van der Waals surface area contributed by atoms with E-state index in [0.29, 0.717) is 94.9 Å². The van der Waals surface area contributed by atoms with Crippen LogP contribution in [0.25, 0.3) is 0 Å². The number of amides is 1. The SMILES string of the molecule is CC(C)CCNCCNCC(C(N)O)C(O)C1(c2cnc[nH]2)C=CC2C3C1NC(=O)C31CCCC1C#CC1C=C3C4CC(C)(CO)CCC4(C(=O)O)C4CNc5nc[nH]c5CC4C3(C)C3(C)CCC4C(C)(CO)C(OC5OCC(O)C(O)C5O)C(O)C2C4(C2CCCC2)C13. The van der Waals surface area contributed by atoms with Crippen LogP contribution in [0.2, 0.25) is 0 Å². The number of carboxylic acid groups (broad SMARTS) is 1. The minimum absolute atomic E-state index is 0.104. The number of aliphatic hydroxyl groups is 8. The Labute approximate surface area is 552 Å². The van der Waals surface area contributed by atoms with Crippen molar-refractivity contribution in [2.75, 3.05) is 57.9 Å². The zero-order valence-corrected chi connectivity index (χ0v) is 55.9. The molecule has 8 fully saturated rings. The van der Waals surface area contributed by atoms with E-state index in [9.17, 15) is 50.8 Å². The van der Waals surface area contributed by atoms with Crippen molar-refractivity contribution < 1.29 is 65.0 Å². The predicted molar refractivity (Wildman–Crippen MR) is 347 cm³/mol. The number of allylic oxidation sites excluding steroid dienone is 3. The Hall–Kier alpha value is -4.32. The molecule has 94 heavy (non-hydrogen) atoms. The lowest BCUT2D eigenvalue weighted by Gasteiger charge is -2.78. The van der Waals surface area contributed by atoms with Gasteiger partial charge in [-0.1, -0.05) is 96.4 Å². The van der Waals surface area contributed by atoms with Crippen LogP contribution in [0, 0.1) is 127 Å². The molecular weight excluding hydrogens is 1200 g/mol. The monoisotopic (exact) mass is 1310 g/mol. The van der Waals surface area contributed by atoms with Crippen LogP contribution < -0.4 is 27.0 Å². The number of hydrogen-bond acceptors (Lipinski definition) is 18. The van der Waals surface area contributed by atoms with E-state index in [-0.39, 0.29) is 37.5 Å². The lowest BCUT2D eigenvalue weighted by Crippen LogP contribution is -2.78. The van der Waals surface area contributed by atoms with Gasteiger partial charge in [-0.25, -0.2) is 9.97 Å². The van der Waals surface area contributed by atoms with Crippen LogP contribution in [0.15, 0.2) is 42.7 Å². The fourth-order valence-electron chi connectivity index (χ4n) is 24.6. The van der Waals surface area contributed by atoms with Crippen molar-refractivity contribution in [2.45, 2.75) is 192 Å². The smallest absolute Gasteiger partial charge is 0.310 e. The van der Waals surface area contributed by atoms with E-state index < -0.39 is 170 Å². The van der Waals surface area contributed by atoms with Gasteiger partial charge in [-0.3, -0.25) is 9.59 Å². The largest absolute Gasteiger partial charge is 0.481 e. The molecule has 1 spiro atoms. The molecule has 1 amide bonds. The van der Waals surface area contributed by atoms with Crippen LogP contribution in [0.4, 0.5) is 5.82 Å². The minimum Gasteiger partial charge on any atom is -0.481 e. The first-order valence-electron chi connectivity index (χ1n) is 35.9. The maximum atomic E-state index is 16.4. The summed E-state index contributed by atoms with van der Waals surface area (Å²) in [5.74, 6) is 1.84. The molecule has 17 N–H and O–H groups in total. The summed E-state index contributed by atoms with van der Waals surface area (Å²) < 4.78 is 13.3. The second kappa shape index (κ2) is 24.2. The zero-order valence-electron chi connectivity index (χ0n) is 55.9. The van der Waals surface area contributed by atoms with Crippen molar-refractivity contribution in [1.82, 2.24) is 35.9 Å². The highest BCUT2D eigenvalue weighted by Gasteiger charge is 2.82. The fraction of sp³-hybridized carbons (Fsp3) is 0.806. The van der Waals surface area contributed by atoms with Crippen molar-refractivity contribution in [3.8, 4) is 11.8 Å². The molecule has 3 aliphatic heterocycles. The number of carbonyl (C=O) groups is 2. The molecule has 28 atom stereocenters. The molecule has 2 aromatic heterocycles. The number of fused-ring (bicyclic) bond motifs is 9. The van der Waals surface area contributed by atoms with E-state index in [0.717, 1.165) is 49.9 Å². The molecule has 12 aliphatic rings. The van der Waals surface area contributed by atoms with Crippen molar-refractivity contribution in [3.63, 3.8) is 0 Å². The molecule has 0 aromatic carbocycles. The van der Waals surface area contributed by atoms with Crippen molar-refractivity contribution >= 4 is 17.7 Å². The predicted octanol–water partition coefficient (Wildman–Crippen LogP) is 3.32. The van der Waals surface area contributed by atoms with Gasteiger partial charge in [-0.05, 0) is 146 Å². The summed E-state index contributed by atoms with van der Waals surface area (Å²) in [4.78, 5) is 47.7.